The van der Waals surface area contributed by atoms with Crippen molar-refractivity contribution >= 4 is 0 Å². The fraction of sp³-hybridized carbons (Fsp3) is 0.238. The minimum Gasteiger partial charge on any atom is -0.492 e. The van der Waals surface area contributed by atoms with E-state index in [9.17, 15) is 0 Å². The van der Waals surface area contributed by atoms with Crippen LogP contribution in [-0.4, -0.2) is 0 Å². The SMILES string of the molecule is C=[C-]C(c1ccccc1)c1ccccc1.CC(C)(C)c1[c-]c2c(cc1)-c1ccc(C(C)(C)C)cc1C2.[CH3-].[Zr+4].c1cc[cH-]c1. The predicted octanol–water partition coefficient (Wildman–Crippen LogP) is 11.3. The number of benzene rings is 4. The van der Waals surface area contributed by atoms with Crippen molar-refractivity contribution in [3.8, 4) is 11.1 Å². The van der Waals surface area contributed by atoms with Gasteiger partial charge in [-0.25, -0.2) is 12.1 Å². The number of allylic oxidation sites excluding steroid dienone is 1. The summed E-state index contributed by atoms with van der Waals surface area (Å²) in [5.74, 6) is 0.174. The smallest absolute Gasteiger partial charge is 0.492 e. The number of hydrogen-bond acceptors (Lipinski definition) is 0. The molecule has 6 rings (SSSR count). The molecule has 0 aromatic heterocycles. The molecule has 0 heterocycles. The van der Waals surface area contributed by atoms with Gasteiger partial charge in [-0.1, -0.05) is 137 Å². The van der Waals surface area contributed by atoms with Gasteiger partial charge < -0.3 is 13.5 Å². The maximum absolute atomic E-state index is 3.79. The van der Waals surface area contributed by atoms with E-state index in [0.29, 0.717) is 0 Å². The van der Waals surface area contributed by atoms with E-state index in [1.807, 2.05) is 66.7 Å². The summed E-state index contributed by atoms with van der Waals surface area (Å²) < 4.78 is 0. The van der Waals surface area contributed by atoms with Crippen LogP contribution >= 0.6 is 0 Å². The summed E-state index contributed by atoms with van der Waals surface area (Å²) in [6.45, 7) is 17.4. The van der Waals surface area contributed by atoms with Crippen molar-refractivity contribution in [3.05, 3.63) is 181 Å². The van der Waals surface area contributed by atoms with Gasteiger partial charge >= 0.3 is 26.2 Å². The van der Waals surface area contributed by atoms with Crippen molar-refractivity contribution in [2.45, 2.75) is 64.7 Å². The van der Waals surface area contributed by atoms with Crippen LogP contribution in [0, 0.1) is 19.6 Å². The normalized spacial score (nSPS) is 11.3. The fourth-order valence-corrected chi connectivity index (χ4v) is 5.07. The average molecular weight is 642 g/mol. The molecule has 0 unspecified atom stereocenters. The molecule has 1 aliphatic rings. The van der Waals surface area contributed by atoms with Gasteiger partial charge in [0, 0.05) is 0 Å². The summed E-state index contributed by atoms with van der Waals surface area (Å²) in [4.78, 5) is 0. The van der Waals surface area contributed by atoms with E-state index in [4.69, 9.17) is 0 Å². The molecular weight excluding hydrogens is 596 g/mol. The zero-order valence-electron chi connectivity index (χ0n) is 27.0. The van der Waals surface area contributed by atoms with E-state index in [1.165, 1.54) is 44.5 Å². The number of rotatable bonds is 3. The van der Waals surface area contributed by atoms with Gasteiger partial charge in [0.2, 0.25) is 0 Å². The van der Waals surface area contributed by atoms with Crippen molar-refractivity contribution in [3.63, 3.8) is 0 Å². The molecular formula is C42H46Zr. The van der Waals surface area contributed by atoms with Crippen LogP contribution in [0.2, 0.25) is 0 Å². The zero-order valence-corrected chi connectivity index (χ0v) is 29.5. The van der Waals surface area contributed by atoms with Crippen LogP contribution in [0.15, 0.2) is 128 Å². The Labute approximate surface area is 281 Å². The maximum atomic E-state index is 3.79. The van der Waals surface area contributed by atoms with Crippen molar-refractivity contribution in [1.82, 2.24) is 0 Å². The van der Waals surface area contributed by atoms with E-state index in [2.05, 4.69) is 115 Å². The molecule has 0 amide bonds. The van der Waals surface area contributed by atoms with Crippen molar-refractivity contribution in [2.75, 3.05) is 0 Å². The third-order valence-corrected chi connectivity index (χ3v) is 7.49. The average Bonchev–Trinajstić information content (AvgIpc) is 3.65. The molecule has 0 saturated carbocycles. The Hall–Kier alpha value is -3.15. The largest absolute Gasteiger partial charge is 4.00 e. The fourth-order valence-electron chi connectivity index (χ4n) is 5.07. The summed E-state index contributed by atoms with van der Waals surface area (Å²) in [6, 6.07) is 45.8. The second-order valence-corrected chi connectivity index (χ2v) is 12.7. The van der Waals surface area contributed by atoms with Gasteiger partial charge in [-0.15, -0.1) is 17.0 Å². The monoisotopic (exact) mass is 640 g/mol. The van der Waals surface area contributed by atoms with Gasteiger partial charge in [0.1, 0.15) is 0 Å². The van der Waals surface area contributed by atoms with Gasteiger partial charge in [-0.2, -0.15) is 42.0 Å². The third-order valence-electron chi connectivity index (χ3n) is 7.49. The molecule has 0 radical (unpaired) electrons. The first kappa shape index (κ1) is 36.0. The Morgan fingerprint density at radius 3 is 1.67 bits per heavy atom. The molecule has 5 aromatic rings. The maximum Gasteiger partial charge on any atom is 4.00 e. The van der Waals surface area contributed by atoms with E-state index < -0.39 is 0 Å². The molecule has 0 saturated heterocycles. The molecule has 0 spiro atoms. The van der Waals surface area contributed by atoms with Crippen molar-refractivity contribution in [1.29, 1.82) is 0 Å². The number of hydrogen-bond donors (Lipinski definition) is 0. The first-order valence-electron chi connectivity index (χ1n) is 14.6. The second-order valence-electron chi connectivity index (χ2n) is 12.7. The Morgan fingerprint density at radius 2 is 1.23 bits per heavy atom. The standard InChI is InChI=1S/C21H25.C15H13.C5H5.CH3.Zr/c1-20(2,3)16-7-9-18-14(12-16)11-15-13-17(21(4,5)6)8-10-19(15)18;1-2-15(13-9-5-3-6-10-13)14-11-7-4-8-12-14;1-2-4-5-3-1;;/h7-10,12H,11H2,1-6H3;3-12,15H,1H2;1-5H;1H3;/q4*-1;+4. The number of fused-ring (bicyclic) bond motifs is 3. The Kier molecular flexibility index (Phi) is 13.5. The third kappa shape index (κ3) is 9.67. The van der Waals surface area contributed by atoms with Crippen LogP contribution in [0.4, 0.5) is 0 Å². The van der Waals surface area contributed by atoms with Crippen LogP contribution in [0.5, 0.6) is 0 Å². The summed E-state index contributed by atoms with van der Waals surface area (Å²) in [5.41, 5.74) is 11.2. The Bertz CT molecular complexity index is 1390. The van der Waals surface area contributed by atoms with Gasteiger partial charge in [0.25, 0.3) is 0 Å². The summed E-state index contributed by atoms with van der Waals surface area (Å²) >= 11 is 0. The van der Waals surface area contributed by atoms with Gasteiger partial charge in [-0.3, -0.25) is 6.58 Å². The molecule has 1 heteroatoms. The summed E-state index contributed by atoms with van der Waals surface area (Å²) in [7, 11) is 0. The molecule has 0 bridgehead atoms. The van der Waals surface area contributed by atoms with E-state index >= 15 is 0 Å². The topological polar surface area (TPSA) is 0 Å². The zero-order chi connectivity index (χ0) is 29.5. The second kappa shape index (κ2) is 16.1. The van der Waals surface area contributed by atoms with E-state index in [0.717, 1.165) is 6.42 Å². The molecule has 0 fully saturated rings. The molecule has 1 aliphatic carbocycles. The quantitative estimate of drug-likeness (QED) is 0.169. The first-order chi connectivity index (χ1) is 19.6. The van der Waals surface area contributed by atoms with Crippen LogP contribution in [0.3, 0.4) is 0 Å². The predicted molar refractivity (Wildman–Crippen MR) is 183 cm³/mol. The summed E-state index contributed by atoms with van der Waals surface area (Å²) in [6.07, 6.45) is 4.11. The molecule has 0 aliphatic heterocycles. The molecule has 0 N–H and O–H groups in total. The summed E-state index contributed by atoms with van der Waals surface area (Å²) in [5, 5.41) is 0. The first-order valence-corrected chi connectivity index (χ1v) is 14.6. The van der Waals surface area contributed by atoms with Crippen molar-refractivity contribution in [2.24, 2.45) is 0 Å². The Morgan fingerprint density at radius 1 is 0.698 bits per heavy atom. The van der Waals surface area contributed by atoms with Gasteiger partial charge in [0.15, 0.2) is 0 Å². The van der Waals surface area contributed by atoms with Gasteiger partial charge in [0.05, 0.1) is 0 Å². The Balaban J connectivity index is 0.000000256. The van der Waals surface area contributed by atoms with Crippen LogP contribution in [-0.2, 0) is 43.5 Å². The van der Waals surface area contributed by atoms with Crippen LogP contribution in [0.1, 0.15) is 80.8 Å². The molecule has 43 heavy (non-hydrogen) atoms. The molecule has 218 valence electrons. The molecule has 0 atom stereocenters. The molecule has 5 aromatic carbocycles. The van der Waals surface area contributed by atoms with E-state index in [-0.39, 0.29) is 50.4 Å². The molecule has 0 nitrogen and oxygen atoms in total. The van der Waals surface area contributed by atoms with E-state index in [1.54, 1.807) is 0 Å². The van der Waals surface area contributed by atoms with Crippen molar-refractivity contribution < 1.29 is 26.2 Å². The van der Waals surface area contributed by atoms with Crippen LogP contribution in [0.25, 0.3) is 11.1 Å². The minimum absolute atomic E-state index is 0. The minimum atomic E-state index is 0. The van der Waals surface area contributed by atoms with Crippen LogP contribution < -0.4 is 0 Å². The van der Waals surface area contributed by atoms with Gasteiger partial charge in [-0.05, 0) is 28.4 Å².